The van der Waals surface area contributed by atoms with Crippen molar-refractivity contribution < 1.29 is 9.53 Å². The maximum absolute atomic E-state index is 10.2. The lowest BCUT2D eigenvalue weighted by atomic mass is 10.4. The van der Waals surface area contributed by atoms with Crippen LogP contribution < -0.4 is 0 Å². The molecule has 52 valence electrons. The standard InChI is InChI=1S/C6H11NO2/c1-5(7-3)4-9-6(2)8/h4H2,1-3H3. The molecular formula is C6H11NO2. The predicted octanol–water partition coefficient (Wildman–Crippen LogP) is 0.640. The van der Waals surface area contributed by atoms with E-state index in [2.05, 4.69) is 9.73 Å². The molecule has 0 radical (unpaired) electrons. The smallest absolute Gasteiger partial charge is 0.303 e. The van der Waals surface area contributed by atoms with Crippen molar-refractivity contribution in [3.05, 3.63) is 0 Å². The summed E-state index contributed by atoms with van der Waals surface area (Å²) in [6.45, 7) is 3.50. The summed E-state index contributed by atoms with van der Waals surface area (Å²) >= 11 is 0. The summed E-state index contributed by atoms with van der Waals surface area (Å²) in [4.78, 5) is 14.0. The van der Waals surface area contributed by atoms with E-state index in [-0.39, 0.29) is 5.97 Å². The molecule has 0 heterocycles. The van der Waals surface area contributed by atoms with Gasteiger partial charge in [-0.15, -0.1) is 0 Å². The molecule has 0 fully saturated rings. The summed E-state index contributed by atoms with van der Waals surface area (Å²) in [7, 11) is 1.67. The Hall–Kier alpha value is -0.860. The van der Waals surface area contributed by atoms with Crippen molar-refractivity contribution >= 4 is 11.7 Å². The van der Waals surface area contributed by atoms with Crippen LogP contribution in [0, 0.1) is 0 Å². The van der Waals surface area contributed by atoms with Gasteiger partial charge in [0.25, 0.3) is 0 Å². The molecule has 0 saturated carbocycles. The van der Waals surface area contributed by atoms with Crippen LogP contribution in [-0.2, 0) is 9.53 Å². The highest BCUT2D eigenvalue weighted by Gasteiger charge is 1.92. The second-order valence-electron chi connectivity index (χ2n) is 1.74. The zero-order valence-electron chi connectivity index (χ0n) is 5.97. The normalized spacial score (nSPS) is 11.2. The molecule has 0 aromatic rings. The average Bonchev–Trinajstić information content (AvgIpc) is 1.83. The minimum Gasteiger partial charge on any atom is -0.460 e. The van der Waals surface area contributed by atoms with Gasteiger partial charge in [-0.3, -0.25) is 9.79 Å². The first kappa shape index (κ1) is 8.14. The molecule has 0 saturated heterocycles. The molecule has 0 unspecified atom stereocenters. The van der Waals surface area contributed by atoms with Crippen molar-refractivity contribution in [3.63, 3.8) is 0 Å². The maximum atomic E-state index is 10.2. The molecule has 3 heteroatoms. The highest BCUT2D eigenvalue weighted by Crippen LogP contribution is 1.79. The van der Waals surface area contributed by atoms with Crippen molar-refractivity contribution in [3.8, 4) is 0 Å². The quantitative estimate of drug-likeness (QED) is 0.405. The molecule has 0 aromatic heterocycles. The lowest BCUT2D eigenvalue weighted by Crippen LogP contribution is -2.07. The Bertz CT molecular complexity index is 129. The third kappa shape index (κ3) is 5.00. The van der Waals surface area contributed by atoms with E-state index in [0.717, 1.165) is 5.71 Å². The summed E-state index contributed by atoms with van der Waals surface area (Å²) in [6, 6.07) is 0. The van der Waals surface area contributed by atoms with E-state index in [1.807, 2.05) is 6.92 Å². The number of carbonyl (C=O) groups is 1. The summed E-state index contributed by atoms with van der Waals surface area (Å²) in [5.74, 6) is -0.266. The number of nitrogens with zero attached hydrogens (tertiary/aromatic N) is 1. The van der Waals surface area contributed by atoms with Crippen LogP contribution in [0.4, 0.5) is 0 Å². The van der Waals surface area contributed by atoms with Crippen LogP contribution in [-0.4, -0.2) is 25.3 Å². The monoisotopic (exact) mass is 129 g/mol. The van der Waals surface area contributed by atoms with Crippen LogP contribution in [0.5, 0.6) is 0 Å². The highest BCUT2D eigenvalue weighted by atomic mass is 16.5. The maximum Gasteiger partial charge on any atom is 0.303 e. The van der Waals surface area contributed by atoms with Gasteiger partial charge in [0.05, 0.1) is 0 Å². The van der Waals surface area contributed by atoms with Gasteiger partial charge in [-0.1, -0.05) is 0 Å². The lowest BCUT2D eigenvalue weighted by molar-refractivity contribution is -0.139. The zero-order chi connectivity index (χ0) is 7.28. The van der Waals surface area contributed by atoms with Crippen molar-refractivity contribution in [2.75, 3.05) is 13.7 Å². The average molecular weight is 129 g/mol. The largest absolute Gasteiger partial charge is 0.460 e. The van der Waals surface area contributed by atoms with E-state index in [0.29, 0.717) is 6.61 Å². The van der Waals surface area contributed by atoms with Gasteiger partial charge < -0.3 is 4.74 Å². The second kappa shape index (κ2) is 4.06. The molecule has 9 heavy (non-hydrogen) atoms. The van der Waals surface area contributed by atoms with Gasteiger partial charge in [0.15, 0.2) is 0 Å². The Morgan fingerprint density at radius 1 is 1.56 bits per heavy atom. The van der Waals surface area contributed by atoms with Gasteiger partial charge in [0.1, 0.15) is 6.61 Å². The van der Waals surface area contributed by atoms with Crippen molar-refractivity contribution in [1.82, 2.24) is 0 Å². The number of aliphatic imine (C=N–C) groups is 1. The Morgan fingerprint density at radius 3 is 2.44 bits per heavy atom. The van der Waals surface area contributed by atoms with E-state index in [1.54, 1.807) is 7.05 Å². The van der Waals surface area contributed by atoms with Gasteiger partial charge in [-0.05, 0) is 6.92 Å². The van der Waals surface area contributed by atoms with Crippen molar-refractivity contribution in [2.45, 2.75) is 13.8 Å². The molecule has 0 aliphatic rings. The second-order valence-corrected chi connectivity index (χ2v) is 1.74. The lowest BCUT2D eigenvalue weighted by Gasteiger charge is -1.97. The van der Waals surface area contributed by atoms with Crippen LogP contribution in [0.3, 0.4) is 0 Å². The van der Waals surface area contributed by atoms with Crippen LogP contribution >= 0.6 is 0 Å². The first-order chi connectivity index (χ1) is 4.16. The Labute approximate surface area is 54.7 Å². The molecule has 0 spiro atoms. The van der Waals surface area contributed by atoms with Crippen molar-refractivity contribution in [2.24, 2.45) is 4.99 Å². The highest BCUT2D eigenvalue weighted by molar-refractivity contribution is 5.84. The molecule has 0 atom stereocenters. The number of esters is 1. The topological polar surface area (TPSA) is 38.7 Å². The summed E-state index contributed by atoms with van der Waals surface area (Å²) in [6.07, 6.45) is 0. The van der Waals surface area contributed by atoms with Crippen LogP contribution in [0.15, 0.2) is 4.99 Å². The number of carbonyl (C=O) groups excluding carboxylic acids is 1. The molecule has 0 aromatic carbocycles. The fourth-order valence-corrected chi connectivity index (χ4v) is 0.271. The van der Waals surface area contributed by atoms with E-state index in [4.69, 9.17) is 0 Å². The summed E-state index contributed by atoms with van der Waals surface area (Å²) in [5.41, 5.74) is 0.824. The Balaban J connectivity index is 3.39. The SMILES string of the molecule is CN=C(C)COC(C)=O. The third-order valence-electron chi connectivity index (χ3n) is 0.866. The van der Waals surface area contributed by atoms with E-state index in [9.17, 15) is 4.79 Å². The Kier molecular flexibility index (Phi) is 3.67. The number of ether oxygens (including phenoxy) is 1. The summed E-state index contributed by atoms with van der Waals surface area (Å²) in [5, 5.41) is 0. The van der Waals surface area contributed by atoms with Gasteiger partial charge in [0.2, 0.25) is 0 Å². The molecule has 0 aliphatic carbocycles. The number of rotatable bonds is 2. The fraction of sp³-hybridized carbons (Fsp3) is 0.667. The molecule has 0 bridgehead atoms. The van der Waals surface area contributed by atoms with Crippen LogP contribution in [0.2, 0.25) is 0 Å². The summed E-state index contributed by atoms with van der Waals surface area (Å²) < 4.78 is 4.62. The minimum atomic E-state index is -0.266. The molecule has 0 aliphatic heterocycles. The fourth-order valence-electron chi connectivity index (χ4n) is 0.271. The van der Waals surface area contributed by atoms with Gasteiger partial charge in [-0.25, -0.2) is 0 Å². The predicted molar refractivity (Wildman–Crippen MR) is 35.7 cm³/mol. The van der Waals surface area contributed by atoms with Gasteiger partial charge >= 0.3 is 5.97 Å². The zero-order valence-corrected chi connectivity index (χ0v) is 5.97. The van der Waals surface area contributed by atoms with Gasteiger partial charge in [-0.2, -0.15) is 0 Å². The number of hydrogen-bond donors (Lipinski definition) is 0. The third-order valence-corrected chi connectivity index (χ3v) is 0.866. The molecule has 0 N–H and O–H groups in total. The van der Waals surface area contributed by atoms with Gasteiger partial charge in [0, 0.05) is 19.7 Å². The van der Waals surface area contributed by atoms with Crippen LogP contribution in [0.25, 0.3) is 0 Å². The van der Waals surface area contributed by atoms with E-state index < -0.39 is 0 Å². The molecule has 0 rings (SSSR count). The molecule has 0 amide bonds. The first-order valence-electron chi connectivity index (χ1n) is 2.72. The van der Waals surface area contributed by atoms with E-state index >= 15 is 0 Å². The first-order valence-corrected chi connectivity index (χ1v) is 2.72. The van der Waals surface area contributed by atoms with Crippen molar-refractivity contribution in [1.29, 1.82) is 0 Å². The Morgan fingerprint density at radius 2 is 2.11 bits per heavy atom. The number of hydrogen-bond acceptors (Lipinski definition) is 3. The van der Waals surface area contributed by atoms with Crippen LogP contribution in [0.1, 0.15) is 13.8 Å². The van der Waals surface area contributed by atoms with E-state index in [1.165, 1.54) is 6.92 Å². The molecule has 3 nitrogen and oxygen atoms in total. The molecular weight excluding hydrogens is 118 g/mol. The minimum absolute atomic E-state index is 0.266.